The van der Waals surface area contributed by atoms with E-state index in [0.717, 1.165) is 60.7 Å². The molecule has 1 atom stereocenters. The van der Waals surface area contributed by atoms with Crippen LogP contribution in [0, 0.1) is 5.92 Å². The summed E-state index contributed by atoms with van der Waals surface area (Å²) in [6.07, 6.45) is 6.84. The van der Waals surface area contributed by atoms with E-state index in [-0.39, 0.29) is 11.4 Å². The summed E-state index contributed by atoms with van der Waals surface area (Å²) < 4.78 is 7.86. The zero-order chi connectivity index (χ0) is 22.6. The molecule has 1 aromatic carbocycles. The average molecular weight is 443 g/mol. The van der Waals surface area contributed by atoms with Gasteiger partial charge in [-0.2, -0.15) is 0 Å². The molecule has 0 aliphatic carbocycles. The summed E-state index contributed by atoms with van der Waals surface area (Å²) >= 11 is 0. The molecular weight excluding hydrogens is 412 g/mol. The fourth-order valence-electron chi connectivity index (χ4n) is 5.72. The summed E-state index contributed by atoms with van der Waals surface area (Å²) in [5, 5.41) is 0. The van der Waals surface area contributed by atoms with E-state index in [1.165, 1.54) is 5.69 Å². The van der Waals surface area contributed by atoms with Gasteiger partial charge in [-0.15, -0.1) is 0 Å². The van der Waals surface area contributed by atoms with Gasteiger partial charge in [0.15, 0.2) is 5.82 Å². The first-order chi connectivity index (χ1) is 16.1. The van der Waals surface area contributed by atoms with Crippen LogP contribution in [0.1, 0.15) is 48.3 Å². The maximum Gasteiger partial charge on any atom is 0.253 e. The Morgan fingerprint density at radius 3 is 3.00 bits per heavy atom. The largest absolute Gasteiger partial charge is 0.493 e. The van der Waals surface area contributed by atoms with Crippen LogP contribution in [0.4, 0.5) is 5.69 Å². The van der Waals surface area contributed by atoms with Crippen molar-refractivity contribution in [3.05, 3.63) is 71.7 Å². The molecule has 6 nitrogen and oxygen atoms in total. The first-order valence-electron chi connectivity index (χ1n) is 12.0. The molecule has 0 unspecified atom stereocenters. The van der Waals surface area contributed by atoms with Crippen LogP contribution in [0.2, 0.25) is 0 Å². The molecule has 5 heterocycles. The molecule has 0 saturated carbocycles. The van der Waals surface area contributed by atoms with E-state index in [0.29, 0.717) is 19.1 Å². The number of rotatable bonds is 4. The number of hydrogen-bond acceptors (Lipinski definition) is 4. The van der Waals surface area contributed by atoms with E-state index in [2.05, 4.69) is 47.7 Å². The number of carbonyl (C=O) groups is 1. The van der Waals surface area contributed by atoms with E-state index in [1.54, 1.807) is 0 Å². The lowest BCUT2D eigenvalue weighted by atomic mass is 9.88. The maximum absolute atomic E-state index is 13.6. The Bertz CT molecular complexity index is 1220. The van der Waals surface area contributed by atoms with E-state index in [4.69, 9.17) is 9.72 Å². The van der Waals surface area contributed by atoms with Crippen LogP contribution in [0.3, 0.4) is 0 Å². The van der Waals surface area contributed by atoms with Gasteiger partial charge in [-0.25, -0.2) is 4.98 Å². The molecule has 1 spiro atoms. The van der Waals surface area contributed by atoms with Gasteiger partial charge in [0.1, 0.15) is 11.3 Å². The summed E-state index contributed by atoms with van der Waals surface area (Å²) in [6.45, 7) is 7.60. The van der Waals surface area contributed by atoms with Crippen molar-refractivity contribution >= 4 is 11.6 Å². The third kappa shape index (κ3) is 3.15. The molecule has 6 rings (SSSR count). The number of pyridine rings is 1. The standard InChI is InChI=1S/C27H30N4O2/c1-19(2)9-14-31-22-5-3-12-28-25(22)30-13-4-6-24(30)27(31)11-15-29(18-27)26(32)21-7-8-23-20(17-21)10-16-33-23/h3-8,12-13,17,19H,9-11,14-16,18H2,1-2H3/t27-/m0/s1. The van der Waals surface area contributed by atoms with Crippen LogP contribution >= 0.6 is 0 Å². The second-order valence-electron chi connectivity index (χ2n) is 9.87. The monoisotopic (exact) mass is 442 g/mol. The molecule has 3 aliphatic rings. The van der Waals surface area contributed by atoms with Crippen molar-refractivity contribution in [2.24, 2.45) is 5.92 Å². The number of benzene rings is 1. The van der Waals surface area contributed by atoms with Crippen molar-refractivity contribution in [1.29, 1.82) is 0 Å². The number of nitrogens with zero attached hydrogens (tertiary/aromatic N) is 4. The predicted molar refractivity (Wildman–Crippen MR) is 128 cm³/mol. The second kappa shape index (κ2) is 7.65. The van der Waals surface area contributed by atoms with Gasteiger partial charge >= 0.3 is 0 Å². The lowest BCUT2D eigenvalue weighted by molar-refractivity contribution is 0.0781. The summed E-state index contributed by atoms with van der Waals surface area (Å²) in [5.41, 5.74) is 4.04. The highest BCUT2D eigenvalue weighted by Crippen LogP contribution is 2.47. The third-order valence-electron chi connectivity index (χ3n) is 7.43. The topological polar surface area (TPSA) is 50.6 Å². The van der Waals surface area contributed by atoms with Gasteiger partial charge in [0.05, 0.1) is 18.0 Å². The normalized spacial score (nSPS) is 20.7. The van der Waals surface area contributed by atoms with E-state index in [9.17, 15) is 4.79 Å². The quantitative estimate of drug-likeness (QED) is 0.600. The number of fused-ring (bicyclic) bond motifs is 5. The smallest absolute Gasteiger partial charge is 0.253 e. The van der Waals surface area contributed by atoms with Crippen LogP contribution in [0.15, 0.2) is 54.9 Å². The molecule has 1 amide bonds. The van der Waals surface area contributed by atoms with E-state index < -0.39 is 0 Å². The first-order valence-corrected chi connectivity index (χ1v) is 12.0. The van der Waals surface area contributed by atoms with Gasteiger partial charge in [0.2, 0.25) is 0 Å². The Hall–Kier alpha value is -3.28. The number of likely N-dealkylation sites (tertiary alicyclic amines) is 1. The molecule has 0 bridgehead atoms. The van der Waals surface area contributed by atoms with E-state index in [1.807, 2.05) is 35.4 Å². The minimum absolute atomic E-state index is 0.112. The van der Waals surface area contributed by atoms with Crippen LogP contribution in [-0.4, -0.2) is 46.6 Å². The number of ether oxygens (including phenoxy) is 1. The fourth-order valence-corrected chi connectivity index (χ4v) is 5.72. The molecule has 1 saturated heterocycles. The molecule has 33 heavy (non-hydrogen) atoms. The first kappa shape index (κ1) is 20.3. The Morgan fingerprint density at radius 2 is 2.12 bits per heavy atom. The minimum Gasteiger partial charge on any atom is -0.493 e. The number of anilines is 1. The van der Waals surface area contributed by atoms with Crippen molar-refractivity contribution in [1.82, 2.24) is 14.5 Å². The molecular formula is C27H30N4O2. The van der Waals surface area contributed by atoms with Gasteiger partial charge in [-0.3, -0.25) is 4.79 Å². The van der Waals surface area contributed by atoms with Gasteiger partial charge in [-0.05, 0) is 66.8 Å². The van der Waals surface area contributed by atoms with Crippen molar-refractivity contribution in [3.8, 4) is 11.6 Å². The Morgan fingerprint density at radius 1 is 1.21 bits per heavy atom. The number of carbonyl (C=O) groups excluding carboxylic acids is 1. The number of hydrogen-bond donors (Lipinski definition) is 0. The summed E-state index contributed by atoms with van der Waals surface area (Å²) in [4.78, 5) is 22.9. The minimum atomic E-state index is -0.246. The molecule has 0 radical (unpaired) electrons. The van der Waals surface area contributed by atoms with Crippen LogP contribution in [0.5, 0.6) is 5.75 Å². The highest BCUT2D eigenvalue weighted by Gasteiger charge is 2.50. The predicted octanol–water partition coefficient (Wildman–Crippen LogP) is 4.41. The Labute approximate surface area is 194 Å². The summed E-state index contributed by atoms with van der Waals surface area (Å²) in [7, 11) is 0. The van der Waals surface area contributed by atoms with Crippen molar-refractivity contribution in [2.45, 2.75) is 38.6 Å². The van der Waals surface area contributed by atoms with Gasteiger partial charge in [0, 0.05) is 44.0 Å². The molecule has 1 fully saturated rings. The zero-order valence-electron chi connectivity index (χ0n) is 19.3. The Balaban J connectivity index is 1.37. The van der Waals surface area contributed by atoms with Crippen molar-refractivity contribution in [2.75, 3.05) is 31.1 Å². The third-order valence-corrected chi connectivity index (χ3v) is 7.43. The molecule has 2 aromatic heterocycles. The molecule has 170 valence electrons. The number of aromatic nitrogens is 2. The van der Waals surface area contributed by atoms with Crippen LogP contribution in [0.25, 0.3) is 5.82 Å². The highest BCUT2D eigenvalue weighted by atomic mass is 16.5. The molecule has 6 heteroatoms. The Kier molecular flexibility index (Phi) is 4.71. The summed E-state index contributed by atoms with van der Waals surface area (Å²) in [6, 6.07) is 14.4. The van der Waals surface area contributed by atoms with Gasteiger partial charge in [-0.1, -0.05) is 13.8 Å². The second-order valence-corrected chi connectivity index (χ2v) is 9.87. The molecule has 3 aromatic rings. The van der Waals surface area contributed by atoms with Crippen molar-refractivity contribution < 1.29 is 9.53 Å². The fraction of sp³-hybridized carbons (Fsp3) is 0.407. The highest BCUT2D eigenvalue weighted by molar-refractivity contribution is 5.95. The van der Waals surface area contributed by atoms with Gasteiger partial charge < -0.3 is 19.1 Å². The van der Waals surface area contributed by atoms with Gasteiger partial charge in [0.25, 0.3) is 5.91 Å². The lowest BCUT2D eigenvalue weighted by Gasteiger charge is -2.47. The number of amides is 1. The SMILES string of the molecule is CC(C)CCN1c2cccnc2-n2cccc2[C@@]12CCN(C(=O)c1ccc3c(c1)CCO3)C2. The summed E-state index contributed by atoms with van der Waals surface area (Å²) in [5.74, 6) is 2.61. The van der Waals surface area contributed by atoms with Crippen molar-refractivity contribution in [3.63, 3.8) is 0 Å². The zero-order valence-corrected chi connectivity index (χ0v) is 19.3. The maximum atomic E-state index is 13.6. The lowest BCUT2D eigenvalue weighted by Crippen LogP contribution is -2.53. The molecule has 0 N–H and O–H groups in total. The van der Waals surface area contributed by atoms with Crippen LogP contribution < -0.4 is 9.64 Å². The van der Waals surface area contributed by atoms with E-state index >= 15 is 0 Å². The van der Waals surface area contributed by atoms with Crippen LogP contribution in [-0.2, 0) is 12.0 Å². The average Bonchev–Trinajstić information content (AvgIpc) is 3.57. The molecule has 3 aliphatic heterocycles.